The van der Waals surface area contributed by atoms with Crippen LogP contribution in [0.5, 0.6) is 11.5 Å². The minimum Gasteiger partial charge on any atom is -0.455 e. The van der Waals surface area contributed by atoms with Crippen molar-refractivity contribution in [2.75, 3.05) is 12.3 Å². The summed E-state index contributed by atoms with van der Waals surface area (Å²) in [6.45, 7) is 0.128. The molecule has 0 fully saturated rings. The Morgan fingerprint density at radius 2 is 1.80 bits per heavy atom. The van der Waals surface area contributed by atoms with Crippen LogP contribution in [0.15, 0.2) is 41.0 Å². The lowest BCUT2D eigenvalue weighted by atomic mass is 10.1. The Hall–Kier alpha value is -2.60. The van der Waals surface area contributed by atoms with Crippen LogP contribution in [0.25, 0.3) is 11.0 Å². The molecule has 0 aliphatic heterocycles. The molecule has 0 atom stereocenters. The lowest BCUT2D eigenvalue weighted by Gasteiger charge is -2.07. The van der Waals surface area contributed by atoms with Crippen molar-refractivity contribution in [2.45, 2.75) is 6.42 Å². The van der Waals surface area contributed by atoms with Crippen LogP contribution in [0.3, 0.4) is 0 Å². The zero-order valence-corrected chi connectivity index (χ0v) is 10.6. The summed E-state index contributed by atoms with van der Waals surface area (Å²) in [5.41, 5.74) is 8.29. The van der Waals surface area contributed by atoms with Gasteiger partial charge in [0.15, 0.2) is 16.8 Å². The van der Waals surface area contributed by atoms with E-state index in [0.29, 0.717) is 34.6 Å². The number of hydrogen-bond acceptors (Lipinski definition) is 6. The van der Waals surface area contributed by atoms with E-state index >= 15 is 0 Å². The van der Waals surface area contributed by atoms with Crippen molar-refractivity contribution < 1.29 is 14.5 Å². The number of nitrogens with zero attached hydrogens (tertiary/aromatic N) is 2. The number of fused-ring (bicyclic) bond motifs is 1. The Labute approximate surface area is 114 Å². The van der Waals surface area contributed by atoms with Crippen LogP contribution >= 0.6 is 0 Å². The van der Waals surface area contributed by atoms with E-state index in [4.69, 9.17) is 15.6 Å². The van der Waals surface area contributed by atoms with E-state index in [1.165, 1.54) is 0 Å². The van der Waals surface area contributed by atoms with E-state index in [1.807, 2.05) is 24.3 Å². The number of aromatic nitrogens is 2. The van der Waals surface area contributed by atoms with E-state index in [9.17, 15) is 0 Å². The van der Waals surface area contributed by atoms with Gasteiger partial charge in [-0.15, -0.1) is 0 Å². The molecule has 1 aromatic heterocycles. The summed E-state index contributed by atoms with van der Waals surface area (Å²) >= 11 is 0. The predicted octanol–water partition coefficient (Wildman–Crippen LogP) is 2.13. The maximum absolute atomic E-state index is 8.88. The molecule has 6 nitrogen and oxygen atoms in total. The summed E-state index contributed by atoms with van der Waals surface area (Å²) in [6.07, 6.45) is 0.625. The first kappa shape index (κ1) is 12.4. The first-order valence-corrected chi connectivity index (χ1v) is 6.16. The highest BCUT2D eigenvalue weighted by atomic mass is 16.6. The Balaban J connectivity index is 1.89. The van der Waals surface area contributed by atoms with Crippen molar-refractivity contribution in [3.8, 4) is 11.5 Å². The molecule has 3 aromatic rings. The second-order valence-corrected chi connectivity index (χ2v) is 4.33. The third-order valence-corrected chi connectivity index (χ3v) is 2.96. The van der Waals surface area contributed by atoms with Crippen LogP contribution in [0.2, 0.25) is 0 Å². The fraction of sp³-hybridized carbons (Fsp3) is 0.143. The Kier molecular flexibility index (Phi) is 3.22. The zero-order valence-electron chi connectivity index (χ0n) is 10.6. The third kappa shape index (κ3) is 2.28. The van der Waals surface area contributed by atoms with Gasteiger partial charge in [0.2, 0.25) is 0 Å². The summed E-state index contributed by atoms with van der Waals surface area (Å²) in [4.78, 5) is 0. The van der Waals surface area contributed by atoms with Gasteiger partial charge in [-0.1, -0.05) is 12.1 Å². The van der Waals surface area contributed by atoms with Crippen LogP contribution in [0.4, 0.5) is 5.69 Å². The minimum absolute atomic E-state index is 0.128. The molecule has 3 N–H and O–H groups in total. The monoisotopic (exact) mass is 271 g/mol. The Morgan fingerprint density at radius 3 is 2.55 bits per heavy atom. The fourth-order valence-corrected chi connectivity index (χ4v) is 1.93. The minimum atomic E-state index is 0.128. The quantitative estimate of drug-likeness (QED) is 0.706. The topological polar surface area (TPSA) is 94.4 Å². The molecule has 0 spiro atoms. The molecule has 102 valence electrons. The summed E-state index contributed by atoms with van der Waals surface area (Å²) < 4.78 is 10.4. The molecule has 0 saturated carbocycles. The second-order valence-electron chi connectivity index (χ2n) is 4.33. The van der Waals surface area contributed by atoms with Gasteiger partial charge in [-0.25, -0.2) is 4.63 Å². The van der Waals surface area contributed by atoms with Gasteiger partial charge in [0.05, 0.1) is 5.69 Å². The zero-order chi connectivity index (χ0) is 13.9. The number of benzene rings is 2. The van der Waals surface area contributed by atoms with Crippen LogP contribution in [0, 0.1) is 0 Å². The molecule has 0 amide bonds. The summed E-state index contributed by atoms with van der Waals surface area (Å²) in [6, 6.07) is 10.9. The van der Waals surface area contributed by atoms with Gasteiger partial charge in [0.1, 0.15) is 5.75 Å². The number of nitrogens with two attached hydrogens (primary N) is 1. The largest absolute Gasteiger partial charge is 0.455 e. The highest BCUT2D eigenvalue weighted by molar-refractivity contribution is 5.90. The van der Waals surface area contributed by atoms with Crippen molar-refractivity contribution in [1.82, 2.24) is 10.3 Å². The molecule has 0 bridgehead atoms. The first-order valence-electron chi connectivity index (χ1n) is 6.16. The number of aliphatic hydroxyl groups excluding tert-OH is 1. The lowest BCUT2D eigenvalue weighted by molar-refractivity contribution is 0.299. The first-order chi connectivity index (χ1) is 9.78. The fourth-order valence-electron chi connectivity index (χ4n) is 1.93. The second kappa shape index (κ2) is 5.18. The Bertz CT molecular complexity index is 722. The lowest BCUT2D eigenvalue weighted by Crippen LogP contribution is -1.92. The van der Waals surface area contributed by atoms with Gasteiger partial charge < -0.3 is 15.6 Å². The van der Waals surface area contributed by atoms with Gasteiger partial charge in [0, 0.05) is 6.61 Å². The highest BCUT2D eigenvalue weighted by Gasteiger charge is 2.11. The van der Waals surface area contributed by atoms with E-state index in [-0.39, 0.29) is 6.61 Å². The number of hydrogen-bond donors (Lipinski definition) is 2. The van der Waals surface area contributed by atoms with E-state index in [1.54, 1.807) is 12.1 Å². The van der Waals surface area contributed by atoms with Crippen LogP contribution in [0.1, 0.15) is 5.56 Å². The molecule has 0 unspecified atom stereocenters. The standard InChI is InChI=1S/C14H13N3O3/c15-11-5-6-12(14-13(11)16-20-17-14)19-10-3-1-9(2-4-10)7-8-18/h1-6,18H,7-8,15H2. The van der Waals surface area contributed by atoms with Crippen molar-refractivity contribution in [2.24, 2.45) is 0 Å². The smallest absolute Gasteiger partial charge is 0.179 e. The van der Waals surface area contributed by atoms with Crippen molar-refractivity contribution >= 4 is 16.7 Å². The molecular formula is C14H13N3O3. The number of rotatable bonds is 4. The van der Waals surface area contributed by atoms with Gasteiger partial charge in [-0.05, 0) is 46.6 Å². The van der Waals surface area contributed by atoms with Crippen LogP contribution < -0.4 is 10.5 Å². The van der Waals surface area contributed by atoms with E-state index in [0.717, 1.165) is 5.56 Å². The molecule has 20 heavy (non-hydrogen) atoms. The predicted molar refractivity (Wildman–Crippen MR) is 73.5 cm³/mol. The highest BCUT2D eigenvalue weighted by Crippen LogP contribution is 2.30. The normalized spacial score (nSPS) is 10.8. The SMILES string of the molecule is Nc1ccc(Oc2ccc(CCO)cc2)c2nonc12. The number of ether oxygens (including phenoxy) is 1. The molecule has 0 aliphatic rings. The average molecular weight is 271 g/mol. The maximum Gasteiger partial charge on any atom is 0.179 e. The van der Waals surface area contributed by atoms with Crippen molar-refractivity contribution in [1.29, 1.82) is 0 Å². The molecular weight excluding hydrogens is 258 g/mol. The summed E-state index contributed by atoms with van der Waals surface area (Å²) in [7, 11) is 0. The van der Waals surface area contributed by atoms with Gasteiger partial charge in [0.25, 0.3) is 0 Å². The molecule has 3 rings (SSSR count). The molecule has 0 saturated heterocycles. The molecule has 0 radical (unpaired) electrons. The average Bonchev–Trinajstić information content (AvgIpc) is 2.95. The summed E-state index contributed by atoms with van der Waals surface area (Å²) in [5, 5.41) is 16.4. The van der Waals surface area contributed by atoms with Gasteiger partial charge in [-0.2, -0.15) is 0 Å². The number of nitrogen functional groups attached to an aromatic ring is 1. The number of anilines is 1. The molecule has 1 heterocycles. The van der Waals surface area contributed by atoms with Crippen LogP contribution in [-0.2, 0) is 6.42 Å². The summed E-state index contributed by atoms with van der Waals surface area (Å²) in [5.74, 6) is 1.20. The number of aliphatic hydroxyl groups is 1. The van der Waals surface area contributed by atoms with Gasteiger partial charge in [-0.3, -0.25) is 0 Å². The maximum atomic E-state index is 8.88. The van der Waals surface area contributed by atoms with E-state index < -0.39 is 0 Å². The van der Waals surface area contributed by atoms with Crippen molar-refractivity contribution in [3.63, 3.8) is 0 Å². The van der Waals surface area contributed by atoms with Crippen LogP contribution in [-0.4, -0.2) is 22.0 Å². The molecule has 6 heteroatoms. The molecule has 0 aliphatic carbocycles. The molecule has 2 aromatic carbocycles. The third-order valence-electron chi connectivity index (χ3n) is 2.96. The van der Waals surface area contributed by atoms with E-state index in [2.05, 4.69) is 14.9 Å². The Morgan fingerprint density at radius 1 is 1.05 bits per heavy atom. The van der Waals surface area contributed by atoms with Gasteiger partial charge >= 0.3 is 0 Å². The van der Waals surface area contributed by atoms with Crippen molar-refractivity contribution in [3.05, 3.63) is 42.0 Å².